The van der Waals surface area contributed by atoms with E-state index in [1.54, 1.807) is 12.1 Å². The molecule has 0 spiro atoms. The minimum atomic E-state index is -0.102. The van der Waals surface area contributed by atoms with Crippen LogP contribution in [-0.4, -0.2) is 20.2 Å². The first-order valence-electron chi connectivity index (χ1n) is 22.2. The van der Waals surface area contributed by atoms with Gasteiger partial charge in [0.25, 0.3) is 0 Å². The minimum absolute atomic E-state index is 0. The summed E-state index contributed by atoms with van der Waals surface area (Å²) in [5, 5.41) is 25.2. The van der Waals surface area contributed by atoms with Crippen LogP contribution in [0.25, 0.3) is 100 Å². The number of phenolic OH excluding ortho intramolecular Hbond substituents is 2. The fourth-order valence-electron chi connectivity index (χ4n) is 8.80. The fourth-order valence-corrected chi connectivity index (χ4v) is 8.80. The van der Waals surface area contributed by atoms with Crippen molar-refractivity contribution in [3.05, 3.63) is 193 Å². The van der Waals surface area contributed by atoms with Gasteiger partial charge in [0.1, 0.15) is 22.7 Å². The van der Waals surface area contributed by atoms with Crippen LogP contribution in [0.2, 0.25) is 0 Å². The summed E-state index contributed by atoms with van der Waals surface area (Å²) in [5.74, 6) is 0.226. The first-order valence-corrected chi connectivity index (χ1v) is 22.2. The summed E-state index contributed by atoms with van der Waals surface area (Å²) in [5.41, 5.74) is 15.6. The number of benzene rings is 7. The summed E-state index contributed by atoms with van der Waals surface area (Å²) in [6.07, 6.45) is 0. The van der Waals surface area contributed by atoms with Crippen molar-refractivity contribution in [2.45, 2.75) is 52.4 Å². The van der Waals surface area contributed by atoms with Gasteiger partial charge in [-0.2, -0.15) is 0 Å². The van der Waals surface area contributed by atoms with Gasteiger partial charge >= 0.3 is 0 Å². The average molecular weight is 1040 g/mol. The normalized spacial score (nSPS) is 11.8. The Bertz CT molecular complexity index is 3330. The van der Waals surface area contributed by atoms with Crippen molar-refractivity contribution < 1.29 is 35.7 Å². The van der Waals surface area contributed by atoms with Crippen molar-refractivity contribution in [2.75, 3.05) is 0 Å². The average Bonchev–Trinajstić information content (AvgIpc) is 3.68. The standard InChI is InChI=1S/C60H50N2O3.Pt/c1-59(2,3)42-29-40(30-43(34-42)60(4,5)6)41-32-52(49-36-57-47(35-55(49)64)46-21-13-14-26-56(46)65-57)62-53(33-41)51-25-16-24-50(61-51)48-31-39(27-28-54(48)63)58-44(37-17-9-7-10-18-37)22-15-23-45(58)38-19-11-8-12-20-38;/h7-36,63-64H,1-6H3;. The molecule has 0 radical (unpaired) electrons. The molecule has 2 N–H and O–H groups in total. The first kappa shape index (κ1) is 44.1. The molecule has 0 saturated carbocycles. The Morgan fingerprint density at radius 1 is 0.364 bits per heavy atom. The minimum Gasteiger partial charge on any atom is -0.507 e. The van der Waals surface area contributed by atoms with Crippen LogP contribution in [0.1, 0.15) is 52.7 Å². The third kappa shape index (κ3) is 8.48. The second kappa shape index (κ2) is 17.4. The molecule has 3 heterocycles. The number of pyridine rings is 2. The van der Waals surface area contributed by atoms with E-state index < -0.39 is 0 Å². The Labute approximate surface area is 400 Å². The molecular weight excluding hydrogens is 992 g/mol. The number of aromatic nitrogens is 2. The van der Waals surface area contributed by atoms with Gasteiger partial charge in [0, 0.05) is 43.0 Å². The predicted octanol–water partition coefficient (Wildman–Crippen LogP) is 16.0. The number of phenols is 2. The van der Waals surface area contributed by atoms with Crippen molar-refractivity contribution in [1.29, 1.82) is 0 Å². The SMILES string of the molecule is CC(C)(C)c1cc(-c2cc(-c3cccc(-c4cc(-c5c(-c6ccccc6)cccc5-c5ccccc5)ccc4O)n3)nc(-c3cc4oc5ccccc5c4cc3O)c2)cc(C(C)(C)C)c1.[Pt]. The number of hydrogen-bond acceptors (Lipinski definition) is 5. The molecular formula is C60H50N2O3Pt. The second-order valence-electron chi connectivity index (χ2n) is 19.0. The van der Waals surface area contributed by atoms with E-state index in [4.69, 9.17) is 14.4 Å². The molecule has 0 bridgehead atoms. The molecule has 5 nitrogen and oxygen atoms in total. The van der Waals surface area contributed by atoms with E-state index >= 15 is 0 Å². The number of rotatable bonds is 7. The van der Waals surface area contributed by atoms with Crippen molar-refractivity contribution in [3.8, 4) is 89.9 Å². The number of nitrogens with zero attached hydrogens (tertiary/aromatic N) is 2. The summed E-state index contributed by atoms with van der Waals surface area (Å²) in [7, 11) is 0. The Balaban J connectivity index is 0.00000548. The molecule has 10 rings (SSSR count). The van der Waals surface area contributed by atoms with Gasteiger partial charge in [0.05, 0.1) is 22.8 Å². The molecule has 0 fully saturated rings. The van der Waals surface area contributed by atoms with Crippen LogP contribution < -0.4 is 0 Å². The molecule has 66 heavy (non-hydrogen) atoms. The third-order valence-corrected chi connectivity index (χ3v) is 12.4. The third-order valence-electron chi connectivity index (χ3n) is 12.4. The number of hydrogen-bond donors (Lipinski definition) is 2. The number of fused-ring (bicyclic) bond motifs is 3. The van der Waals surface area contributed by atoms with Crippen LogP contribution in [0.4, 0.5) is 0 Å². The Hall–Kier alpha value is -7.07. The van der Waals surface area contributed by atoms with E-state index in [2.05, 4.69) is 139 Å². The molecule has 328 valence electrons. The summed E-state index contributed by atoms with van der Waals surface area (Å²) >= 11 is 0. The van der Waals surface area contributed by atoms with Crippen LogP contribution in [0.5, 0.6) is 11.5 Å². The Morgan fingerprint density at radius 3 is 1.56 bits per heavy atom. The molecule has 0 saturated heterocycles. The topological polar surface area (TPSA) is 79.4 Å². The van der Waals surface area contributed by atoms with Crippen LogP contribution in [0.3, 0.4) is 0 Å². The van der Waals surface area contributed by atoms with Gasteiger partial charge in [-0.1, -0.05) is 169 Å². The van der Waals surface area contributed by atoms with E-state index in [0.29, 0.717) is 39.5 Å². The van der Waals surface area contributed by atoms with Crippen LogP contribution >= 0.6 is 0 Å². The summed E-state index contributed by atoms with van der Waals surface area (Å²) in [4.78, 5) is 10.5. The second-order valence-corrected chi connectivity index (χ2v) is 19.0. The van der Waals surface area contributed by atoms with Crippen molar-refractivity contribution >= 4 is 21.9 Å². The number of para-hydroxylation sites is 1. The maximum Gasteiger partial charge on any atom is 0.136 e. The fraction of sp³-hybridized carbons (Fsp3) is 0.133. The predicted molar refractivity (Wildman–Crippen MR) is 268 cm³/mol. The molecule has 0 atom stereocenters. The zero-order chi connectivity index (χ0) is 45.0. The van der Waals surface area contributed by atoms with Crippen molar-refractivity contribution in [1.82, 2.24) is 9.97 Å². The van der Waals surface area contributed by atoms with Gasteiger partial charge in [-0.3, -0.25) is 0 Å². The van der Waals surface area contributed by atoms with Gasteiger partial charge in [0.15, 0.2) is 0 Å². The molecule has 3 aromatic heterocycles. The molecule has 0 unspecified atom stereocenters. The Morgan fingerprint density at radius 2 is 0.909 bits per heavy atom. The summed E-state index contributed by atoms with van der Waals surface area (Å²) < 4.78 is 6.31. The summed E-state index contributed by atoms with van der Waals surface area (Å²) in [6.45, 7) is 13.4. The van der Waals surface area contributed by atoms with Crippen molar-refractivity contribution in [2.24, 2.45) is 0 Å². The first-order chi connectivity index (χ1) is 31.3. The zero-order valence-electron chi connectivity index (χ0n) is 37.8. The maximum absolute atomic E-state index is 11.8. The molecule has 6 heteroatoms. The van der Waals surface area contributed by atoms with Gasteiger partial charge < -0.3 is 14.6 Å². The van der Waals surface area contributed by atoms with Gasteiger partial charge in [-0.15, -0.1) is 0 Å². The van der Waals surface area contributed by atoms with Crippen molar-refractivity contribution in [3.63, 3.8) is 0 Å². The van der Waals surface area contributed by atoms with Gasteiger partial charge in [0.2, 0.25) is 0 Å². The smallest absolute Gasteiger partial charge is 0.136 e. The zero-order valence-corrected chi connectivity index (χ0v) is 40.1. The van der Waals surface area contributed by atoms with Crippen LogP contribution in [-0.2, 0) is 31.9 Å². The van der Waals surface area contributed by atoms with E-state index in [9.17, 15) is 10.2 Å². The molecule has 0 aliphatic heterocycles. The monoisotopic (exact) mass is 1040 g/mol. The maximum atomic E-state index is 11.8. The van der Waals surface area contributed by atoms with E-state index in [0.717, 1.165) is 60.9 Å². The molecule has 0 aliphatic carbocycles. The van der Waals surface area contributed by atoms with Gasteiger partial charge in [-0.05, 0) is 121 Å². The van der Waals surface area contributed by atoms with E-state index in [1.165, 1.54) is 11.1 Å². The van der Waals surface area contributed by atoms with Crippen LogP contribution in [0.15, 0.2) is 186 Å². The summed E-state index contributed by atoms with van der Waals surface area (Å²) in [6, 6.07) is 61.4. The molecule has 10 aromatic rings. The number of furan rings is 1. The number of aromatic hydroxyl groups is 2. The largest absolute Gasteiger partial charge is 0.507 e. The van der Waals surface area contributed by atoms with E-state index in [-0.39, 0.29) is 43.4 Å². The quantitative estimate of drug-likeness (QED) is 0.166. The molecule has 0 amide bonds. The van der Waals surface area contributed by atoms with Gasteiger partial charge in [-0.25, -0.2) is 9.97 Å². The molecule has 7 aromatic carbocycles. The van der Waals surface area contributed by atoms with Crippen LogP contribution in [0, 0.1) is 0 Å². The molecule has 0 aliphatic rings. The Kier molecular flexibility index (Phi) is 11.6. The van der Waals surface area contributed by atoms with E-state index in [1.807, 2.05) is 72.8 Å².